The maximum Gasteiger partial charge on any atom is 0.244 e. The lowest BCUT2D eigenvalue weighted by Gasteiger charge is -2.40. The minimum atomic E-state index is -0.472. The molecule has 96 valence electrons. The van der Waals surface area contributed by atoms with Gasteiger partial charge in [0.05, 0.1) is 19.1 Å². The summed E-state index contributed by atoms with van der Waals surface area (Å²) in [5, 5.41) is 15.1. The minimum absolute atomic E-state index is 0.0231. The standard InChI is InChI=1S/C12H20N2O3/c1-8-3-2-4-12(6-8,7-15)14-9-5-10(16)13-11(9)17/h8-9,14-15H,2-7H2,1H3,(H,13,16,17). The Bertz CT molecular complexity index is 332. The summed E-state index contributed by atoms with van der Waals surface area (Å²) in [5.41, 5.74) is -0.385. The molecule has 1 aliphatic heterocycles. The molecular weight excluding hydrogens is 220 g/mol. The SMILES string of the molecule is CC1CCCC(CO)(NC2CC(=O)NC2=O)C1. The summed E-state index contributed by atoms with van der Waals surface area (Å²) in [7, 11) is 0. The number of rotatable bonds is 3. The molecule has 2 aliphatic rings. The van der Waals surface area contributed by atoms with Crippen LogP contribution in [0.2, 0.25) is 0 Å². The van der Waals surface area contributed by atoms with Gasteiger partial charge in [-0.25, -0.2) is 0 Å². The van der Waals surface area contributed by atoms with E-state index in [1.807, 2.05) is 0 Å². The molecule has 3 atom stereocenters. The molecule has 1 aliphatic carbocycles. The van der Waals surface area contributed by atoms with Gasteiger partial charge in [-0.05, 0) is 18.8 Å². The molecule has 0 spiro atoms. The Morgan fingerprint density at radius 3 is 2.82 bits per heavy atom. The molecule has 0 aromatic carbocycles. The molecule has 2 rings (SSSR count). The molecule has 5 nitrogen and oxygen atoms in total. The third-order valence-corrected chi connectivity index (χ3v) is 3.84. The van der Waals surface area contributed by atoms with Crippen LogP contribution >= 0.6 is 0 Å². The number of carbonyl (C=O) groups is 2. The van der Waals surface area contributed by atoms with Crippen molar-refractivity contribution in [3.63, 3.8) is 0 Å². The molecule has 0 radical (unpaired) electrons. The van der Waals surface area contributed by atoms with Crippen LogP contribution in [0, 0.1) is 5.92 Å². The van der Waals surface area contributed by atoms with Crippen LogP contribution < -0.4 is 10.6 Å². The number of nitrogens with one attached hydrogen (secondary N) is 2. The van der Waals surface area contributed by atoms with E-state index in [1.165, 1.54) is 6.42 Å². The van der Waals surface area contributed by atoms with Gasteiger partial charge in [0, 0.05) is 5.54 Å². The number of hydrogen-bond acceptors (Lipinski definition) is 4. The predicted octanol–water partition coefficient (Wildman–Crippen LogP) is -0.0677. The molecule has 0 aromatic rings. The number of imide groups is 1. The lowest BCUT2D eigenvalue weighted by molar-refractivity contribution is -0.125. The zero-order valence-electron chi connectivity index (χ0n) is 10.2. The molecule has 2 fully saturated rings. The van der Waals surface area contributed by atoms with Crippen LogP contribution in [0.3, 0.4) is 0 Å². The smallest absolute Gasteiger partial charge is 0.244 e. The summed E-state index contributed by atoms with van der Waals surface area (Å²) >= 11 is 0. The van der Waals surface area contributed by atoms with Gasteiger partial charge in [0.1, 0.15) is 0 Å². The Balaban J connectivity index is 2.03. The van der Waals surface area contributed by atoms with Gasteiger partial charge in [-0.2, -0.15) is 0 Å². The first-order valence-corrected chi connectivity index (χ1v) is 6.27. The van der Waals surface area contributed by atoms with Crippen molar-refractivity contribution in [2.75, 3.05) is 6.61 Å². The van der Waals surface area contributed by atoms with Crippen LogP contribution in [0.1, 0.15) is 39.0 Å². The summed E-state index contributed by atoms with van der Waals surface area (Å²) in [5.74, 6) is 0.0501. The average molecular weight is 240 g/mol. The normalized spacial score (nSPS) is 38.2. The molecule has 1 heterocycles. The van der Waals surface area contributed by atoms with E-state index in [9.17, 15) is 14.7 Å². The van der Waals surface area contributed by atoms with Gasteiger partial charge in [0.25, 0.3) is 0 Å². The van der Waals surface area contributed by atoms with Crippen LogP contribution in [-0.4, -0.2) is 35.1 Å². The number of carbonyl (C=O) groups excluding carboxylic acids is 2. The van der Waals surface area contributed by atoms with Crippen molar-refractivity contribution in [3.05, 3.63) is 0 Å². The van der Waals surface area contributed by atoms with E-state index in [-0.39, 0.29) is 30.4 Å². The van der Waals surface area contributed by atoms with Gasteiger partial charge < -0.3 is 5.11 Å². The predicted molar refractivity (Wildman–Crippen MR) is 62.1 cm³/mol. The Kier molecular flexibility index (Phi) is 3.49. The Labute approximate surface area is 101 Å². The van der Waals surface area contributed by atoms with Gasteiger partial charge in [0.2, 0.25) is 11.8 Å². The quantitative estimate of drug-likeness (QED) is 0.604. The molecule has 3 N–H and O–H groups in total. The fourth-order valence-corrected chi connectivity index (χ4v) is 3.02. The van der Waals surface area contributed by atoms with Crippen LogP contribution in [0.25, 0.3) is 0 Å². The van der Waals surface area contributed by atoms with Gasteiger partial charge in [0.15, 0.2) is 0 Å². The maximum atomic E-state index is 11.5. The third kappa shape index (κ3) is 2.66. The first-order valence-electron chi connectivity index (χ1n) is 6.27. The molecule has 3 unspecified atom stereocenters. The molecular formula is C12H20N2O3. The third-order valence-electron chi connectivity index (χ3n) is 3.84. The molecule has 0 bridgehead atoms. The van der Waals surface area contributed by atoms with Crippen molar-refractivity contribution in [3.8, 4) is 0 Å². The summed E-state index contributed by atoms with van der Waals surface area (Å²) in [6.07, 6.45) is 4.14. The zero-order valence-corrected chi connectivity index (χ0v) is 10.2. The molecule has 1 saturated heterocycles. The number of amides is 2. The highest BCUT2D eigenvalue weighted by Crippen LogP contribution is 2.32. The van der Waals surface area contributed by atoms with Crippen molar-refractivity contribution < 1.29 is 14.7 Å². The summed E-state index contributed by atoms with van der Waals surface area (Å²) in [6, 6.07) is -0.472. The highest BCUT2D eigenvalue weighted by molar-refractivity contribution is 6.05. The van der Waals surface area contributed by atoms with E-state index in [0.717, 1.165) is 19.3 Å². The minimum Gasteiger partial charge on any atom is -0.394 e. The van der Waals surface area contributed by atoms with Gasteiger partial charge in [-0.15, -0.1) is 0 Å². The van der Waals surface area contributed by atoms with Crippen LogP contribution in [0.4, 0.5) is 0 Å². The van der Waals surface area contributed by atoms with E-state index in [2.05, 4.69) is 17.6 Å². The Hall–Kier alpha value is -0.940. The van der Waals surface area contributed by atoms with E-state index >= 15 is 0 Å². The second-order valence-corrected chi connectivity index (χ2v) is 5.45. The average Bonchev–Trinajstić information content (AvgIpc) is 2.57. The van der Waals surface area contributed by atoms with E-state index in [4.69, 9.17) is 0 Å². The van der Waals surface area contributed by atoms with Crippen LogP contribution in [0.15, 0.2) is 0 Å². The topological polar surface area (TPSA) is 78.4 Å². The van der Waals surface area contributed by atoms with Gasteiger partial charge >= 0.3 is 0 Å². The fraction of sp³-hybridized carbons (Fsp3) is 0.833. The fourth-order valence-electron chi connectivity index (χ4n) is 3.02. The van der Waals surface area contributed by atoms with Crippen molar-refractivity contribution in [2.45, 2.75) is 50.6 Å². The first kappa shape index (κ1) is 12.5. The number of aliphatic hydroxyl groups is 1. The van der Waals surface area contributed by atoms with Crippen molar-refractivity contribution in [2.24, 2.45) is 5.92 Å². The van der Waals surface area contributed by atoms with Gasteiger partial charge in [-0.3, -0.25) is 20.2 Å². The van der Waals surface area contributed by atoms with Crippen LogP contribution in [0.5, 0.6) is 0 Å². The Morgan fingerprint density at radius 2 is 2.29 bits per heavy atom. The van der Waals surface area contributed by atoms with E-state index in [0.29, 0.717) is 5.92 Å². The molecule has 17 heavy (non-hydrogen) atoms. The number of hydrogen-bond donors (Lipinski definition) is 3. The second kappa shape index (κ2) is 4.74. The lowest BCUT2D eigenvalue weighted by atomic mass is 9.76. The van der Waals surface area contributed by atoms with Crippen molar-refractivity contribution in [1.29, 1.82) is 0 Å². The highest BCUT2D eigenvalue weighted by atomic mass is 16.3. The molecule has 0 aromatic heterocycles. The van der Waals surface area contributed by atoms with E-state index in [1.54, 1.807) is 0 Å². The van der Waals surface area contributed by atoms with Crippen molar-refractivity contribution >= 4 is 11.8 Å². The summed E-state index contributed by atoms with van der Waals surface area (Å²) in [4.78, 5) is 22.7. The largest absolute Gasteiger partial charge is 0.394 e. The lowest BCUT2D eigenvalue weighted by Crippen LogP contribution is -2.57. The number of aliphatic hydroxyl groups excluding tert-OH is 1. The van der Waals surface area contributed by atoms with E-state index < -0.39 is 6.04 Å². The summed E-state index contributed by atoms with van der Waals surface area (Å²) in [6.45, 7) is 2.18. The summed E-state index contributed by atoms with van der Waals surface area (Å²) < 4.78 is 0. The zero-order chi connectivity index (χ0) is 12.5. The van der Waals surface area contributed by atoms with Crippen LogP contribution in [-0.2, 0) is 9.59 Å². The monoisotopic (exact) mass is 240 g/mol. The Morgan fingerprint density at radius 1 is 1.53 bits per heavy atom. The molecule has 1 saturated carbocycles. The molecule has 2 amide bonds. The van der Waals surface area contributed by atoms with Gasteiger partial charge in [-0.1, -0.05) is 19.8 Å². The molecule has 5 heteroatoms. The highest BCUT2D eigenvalue weighted by Gasteiger charge is 2.40. The first-order chi connectivity index (χ1) is 8.04. The maximum absolute atomic E-state index is 11.5. The van der Waals surface area contributed by atoms with Crippen molar-refractivity contribution in [1.82, 2.24) is 10.6 Å². The second-order valence-electron chi connectivity index (χ2n) is 5.45.